The van der Waals surface area contributed by atoms with Crippen molar-refractivity contribution in [3.63, 3.8) is 0 Å². The van der Waals surface area contributed by atoms with Crippen LogP contribution >= 0.6 is 11.8 Å². The normalized spacial score (nSPS) is 10.2. The van der Waals surface area contributed by atoms with Gasteiger partial charge in [0.15, 0.2) is 0 Å². The van der Waals surface area contributed by atoms with Gasteiger partial charge in [-0.15, -0.1) is 0 Å². The lowest BCUT2D eigenvalue weighted by atomic mass is 10.3. The van der Waals surface area contributed by atoms with Crippen molar-refractivity contribution in [2.24, 2.45) is 4.99 Å². The minimum atomic E-state index is 0.922. The van der Waals surface area contributed by atoms with Gasteiger partial charge in [0.1, 0.15) is 0 Å². The Morgan fingerprint density at radius 2 is 1.75 bits per heavy atom. The van der Waals surface area contributed by atoms with E-state index in [4.69, 9.17) is 0 Å². The highest BCUT2D eigenvalue weighted by atomic mass is 32.2. The Kier molecular flexibility index (Phi) is 6.82. The molecule has 88 valence electrons. The molecule has 0 amide bonds. The summed E-state index contributed by atoms with van der Waals surface area (Å²) in [6.45, 7) is 19.8. The van der Waals surface area contributed by atoms with Crippen LogP contribution in [0.5, 0.6) is 0 Å². The summed E-state index contributed by atoms with van der Waals surface area (Å²) in [7, 11) is 0. The molecule has 0 saturated heterocycles. The van der Waals surface area contributed by atoms with Gasteiger partial charge < -0.3 is 0 Å². The van der Waals surface area contributed by atoms with Crippen molar-refractivity contribution < 1.29 is 0 Å². The van der Waals surface area contributed by atoms with E-state index < -0.39 is 0 Å². The van der Waals surface area contributed by atoms with Crippen LogP contribution < -0.4 is 0 Å². The van der Waals surface area contributed by atoms with Gasteiger partial charge in [0.2, 0.25) is 0 Å². The first-order chi connectivity index (χ1) is 7.38. The third kappa shape index (κ3) is 5.76. The summed E-state index contributed by atoms with van der Waals surface area (Å²) >= 11 is 1.56. The van der Waals surface area contributed by atoms with Gasteiger partial charge in [-0.3, -0.25) is 0 Å². The predicted octanol–water partition coefficient (Wildman–Crippen LogP) is 5.10. The van der Waals surface area contributed by atoms with Crippen LogP contribution in [0.2, 0.25) is 0 Å². The summed E-state index contributed by atoms with van der Waals surface area (Å²) in [5, 5.41) is 0.975. The summed E-state index contributed by atoms with van der Waals surface area (Å²) in [5.41, 5.74) is 3.18. The highest BCUT2D eigenvalue weighted by molar-refractivity contribution is 8.06. The van der Waals surface area contributed by atoms with Crippen LogP contribution in [0.25, 0.3) is 0 Å². The van der Waals surface area contributed by atoms with Crippen LogP contribution in [0.15, 0.2) is 51.4 Å². The number of hydrogen-bond acceptors (Lipinski definition) is 2. The van der Waals surface area contributed by atoms with Crippen LogP contribution in [0.4, 0.5) is 0 Å². The van der Waals surface area contributed by atoms with Crippen molar-refractivity contribution in [1.29, 1.82) is 0 Å². The molecule has 0 aromatic carbocycles. The first-order valence-electron chi connectivity index (χ1n) is 5.30. The smallest absolute Gasteiger partial charge is 0.0993 e. The minimum Gasteiger partial charge on any atom is -0.249 e. The summed E-state index contributed by atoms with van der Waals surface area (Å²) in [5.74, 6) is 0. The van der Waals surface area contributed by atoms with Crippen molar-refractivity contribution in [3.05, 3.63) is 46.4 Å². The van der Waals surface area contributed by atoms with Gasteiger partial charge in [-0.05, 0) is 43.9 Å². The molecule has 0 radical (unpaired) electrons. The van der Waals surface area contributed by atoms with Crippen LogP contribution in [0.1, 0.15) is 34.1 Å². The summed E-state index contributed by atoms with van der Waals surface area (Å²) in [6.07, 6.45) is 2.74. The Morgan fingerprint density at radius 1 is 1.19 bits per heavy atom. The molecule has 0 aromatic rings. The van der Waals surface area contributed by atoms with E-state index in [1.54, 1.807) is 11.8 Å². The molecule has 0 atom stereocenters. The molecule has 0 fully saturated rings. The first-order valence-corrected chi connectivity index (χ1v) is 6.12. The van der Waals surface area contributed by atoms with Crippen molar-refractivity contribution in [2.75, 3.05) is 0 Å². The Balaban J connectivity index is 4.74. The second kappa shape index (κ2) is 7.29. The van der Waals surface area contributed by atoms with Gasteiger partial charge in [-0.1, -0.05) is 38.4 Å². The molecule has 0 aromatic heterocycles. The second-order valence-electron chi connectivity index (χ2n) is 3.88. The number of thioether (sulfide) groups is 1. The third-order valence-corrected chi connectivity index (χ3v) is 3.24. The molecule has 2 heteroatoms. The zero-order chi connectivity index (χ0) is 12.7. The van der Waals surface area contributed by atoms with Gasteiger partial charge in [0.25, 0.3) is 0 Å². The summed E-state index contributed by atoms with van der Waals surface area (Å²) in [4.78, 5) is 5.39. The molecule has 16 heavy (non-hydrogen) atoms. The summed E-state index contributed by atoms with van der Waals surface area (Å²) in [6, 6.07) is 0. The molecule has 0 heterocycles. The molecule has 0 N–H and O–H groups in total. The van der Waals surface area contributed by atoms with Crippen molar-refractivity contribution in [1.82, 2.24) is 0 Å². The monoisotopic (exact) mass is 235 g/mol. The quantitative estimate of drug-likeness (QED) is 0.461. The fourth-order valence-electron chi connectivity index (χ4n) is 0.703. The van der Waals surface area contributed by atoms with Gasteiger partial charge >= 0.3 is 0 Å². The van der Waals surface area contributed by atoms with E-state index in [1.165, 1.54) is 5.57 Å². The maximum absolute atomic E-state index is 4.43. The highest BCUT2D eigenvalue weighted by Crippen LogP contribution is 2.31. The van der Waals surface area contributed by atoms with E-state index in [-0.39, 0.29) is 0 Å². The van der Waals surface area contributed by atoms with E-state index >= 15 is 0 Å². The molecular weight excluding hydrogens is 214 g/mol. The molecule has 0 rings (SSSR count). The first kappa shape index (κ1) is 15.0. The largest absolute Gasteiger partial charge is 0.249 e. The van der Waals surface area contributed by atoms with Crippen LogP contribution in [-0.4, -0.2) is 6.21 Å². The molecule has 0 unspecified atom stereocenters. The molecule has 0 aliphatic carbocycles. The lowest BCUT2D eigenvalue weighted by molar-refractivity contribution is 1.18. The third-order valence-electron chi connectivity index (χ3n) is 1.94. The predicted molar refractivity (Wildman–Crippen MR) is 77.8 cm³/mol. The molecule has 0 saturated carbocycles. The molecule has 0 spiro atoms. The van der Waals surface area contributed by atoms with E-state index in [2.05, 4.69) is 31.7 Å². The average Bonchev–Trinajstić information content (AvgIpc) is 2.22. The zero-order valence-electron chi connectivity index (χ0n) is 10.8. The molecule has 0 aliphatic rings. The van der Waals surface area contributed by atoms with Crippen LogP contribution in [-0.2, 0) is 0 Å². The number of aliphatic imine (C=N–C) groups is 1. The highest BCUT2D eigenvalue weighted by Gasteiger charge is 2.02. The molecule has 0 bridgehead atoms. The maximum atomic E-state index is 4.43. The SMILES string of the molecule is C=C(/C=N\C(SC(=C)C(=C)C)=C(C)C)CC. The fourth-order valence-corrected chi connectivity index (χ4v) is 1.42. The number of hydrogen-bond donors (Lipinski definition) is 0. The molecule has 0 aliphatic heterocycles. The van der Waals surface area contributed by atoms with Gasteiger partial charge in [0, 0.05) is 11.1 Å². The number of rotatable bonds is 6. The van der Waals surface area contributed by atoms with Crippen molar-refractivity contribution in [2.45, 2.75) is 34.1 Å². The zero-order valence-corrected chi connectivity index (χ0v) is 11.6. The Bertz CT molecular complexity index is 355. The fraction of sp³-hybridized carbons (Fsp3) is 0.357. The second-order valence-corrected chi connectivity index (χ2v) is 4.96. The Labute approximate surface area is 104 Å². The van der Waals surface area contributed by atoms with E-state index in [1.807, 2.05) is 27.0 Å². The van der Waals surface area contributed by atoms with Crippen molar-refractivity contribution >= 4 is 18.0 Å². The average molecular weight is 235 g/mol. The minimum absolute atomic E-state index is 0.922. The molecule has 1 nitrogen and oxygen atoms in total. The van der Waals surface area contributed by atoms with E-state index in [0.717, 1.165) is 27.5 Å². The van der Waals surface area contributed by atoms with Gasteiger partial charge in [-0.25, -0.2) is 4.99 Å². The summed E-state index contributed by atoms with van der Waals surface area (Å²) < 4.78 is 0. The lowest BCUT2D eigenvalue weighted by Gasteiger charge is -2.06. The van der Waals surface area contributed by atoms with Crippen LogP contribution in [0.3, 0.4) is 0 Å². The number of allylic oxidation sites excluding steroid dienone is 3. The Morgan fingerprint density at radius 3 is 2.12 bits per heavy atom. The maximum Gasteiger partial charge on any atom is 0.0993 e. The Hall–Kier alpha value is -1.02. The van der Waals surface area contributed by atoms with E-state index in [0.29, 0.717) is 0 Å². The van der Waals surface area contributed by atoms with Crippen LogP contribution in [0, 0.1) is 0 Å². The molecular formula is C14H21NS. The lowest BCUT2D eigenvalue weighted by Crippen LogP contribution is -1.84. The van der Waals surface area contributed by atoms with Gasteiger partial charge in [-0.2, -0.15) is 0 Å². The standard InChI is InChI=1S/C14H21NS/c1-8-12(6)9-15-14(11(4)5)16-13(7)10(2)3/h9H,2,6-8H2,1,3-5H3/b15-9-. The van der Waals surface area contributed by atoms with Crippen molar-refractivity contribution in [3.8, 4) is 0 Å². The topological polar surface area (TPSA) is 12.4 Å². The van der Waals surface area contributed by atoms with E-state index in [9.17, 15) is 0 Å². The number of nitrogens with zero attached hydrogens (tertiary/aromatic N) is 1. The van der Waals surface area contributed by atoms with Gasteiger partial charge in [0.05, 0.1) is 5.03 Å².